The smallest absolute Gasteiger partial charge is 0.412 e. The van der Waals surface area contributed by atoms with E-state index in [4.69, 9.17) is 13.9 Å². The second-order valence-corrected chi connectivity index (χ2v) is 15.3. The molecule has 1 aliphatic heterocycles. The van der Waals surface area contributed by atoms with Gasteiger partial charge in [0.25, 0.3) is 0 Å². The first-order valence-corrected chi connectivity index (χ1v) is 15.1. The Morgan fingerprint density at radius 3 is 1.97 bits per heavy atom. The van der Waals surface area contributed by atoms with E-state index < -0.39 is 26.0 Å². The summed E-state index contributed by atoms with van der Waals surface area (Å²) < 4.78 is 18.0. The summed E-state index contributed by atoms with van der Waals surface area (Å²) in [6.45, 7) is 24.8. The SMILES string of the molecule is CC(CC[C@@]1(O[SiH](C)C)C[C@H](C(C)(C)C)CN1C(=O)OC(C)(C)C)N(C)C(=O)OC(C)(C)C. The molecule has 194 valence electrons. The van der Waals surface area contributed by atoms with Crippen LogP contribution in [0.3, 0.4) is 0 Å². The number of hydrogen-bond acceptors (Lipinski definition) is 5. The van der Waals surface area contributed by atoms with Crippen LogP contribution in [-0.2, 0) is 13.9 Å². The average Bonchev–Trinajstić information content (AvgIpc) is 2.95. The first-order chi connectivity index (χ1) is 14.7. The zero-order valence-corrected chi connectivity index (χ0v) is 24.7. The van der Waals surface area contributed by atoms with E-state index in [9.17, 15) is 9.59 Å². The Labute approximate surface area is 204 Å². The maximum absolute atomic E-state index is 13.3. The van der Waals surface area contributed by atoms with Gasteiger partial charge < -0.3 is 18.8 Å². The zero-order chi connectivity index (χ0) is 26.0. The van der Waals surface area contributed by atoms with Crippen molar-refractivity contribution in [3.8, 4) is 0 Å². The number of carbonyl (C=O) groups is 2. The molecule has 1 saturated heterocycles. The molecule has 0 aliphatic carbocycles. The summed E-state index contributed by atoms with van der Waals surface area (Å²) in [5, 5.41) is 0. The minimum atomic E-state index is -1.50. The number of rotatable bonds is 6. The van der Waals surface area contributed by atoms with Gasteiger partial charge in [0, 0.05) is 19.6 Å². The number of ether oxygens (including phenoxy) is 2. The van der Waals surface area contributed by atoms with Crippen molar-refractivity contribution >= 4 is 21.2 Å². The second kappa shape index (κ2) is 10.5. The highest BCUT2D eigenvalue weighted by molar-refractivity contribution is 6.48. The lowest BCUT2D eigenvalue weighted by Crippen LogP contribution is -2.53. The highest BCUT2D eigenvalue weighted by Crippen LogP contribution is 2.46. The summed E-state index contributed by atoms with van der Waals surface area (Å²) in [6.07, 6.45) is 1.43. The summed E-state index contributed by atoms with van der Waals surface area (Å²) in [5.74, 6) is 0.289. The van der Waals surface area contributed by atoms with E-state index in [1.807, 2.05) is 53.4 Å². The van der Waals surface area contributed by atoms with Crippen LogP contribution in [0.15, 0.2) is 0 Å². The maximum Gasteiger partial charge on any atom is 0.412 e. The molecular formula is C25H50N2O5Si. The Hall–Kier alpha value is -1.28. The third kappa shape index (κ3) is 9.11. The molecule has 0 N–H and O–H groups in total. The highest BCUT2D eigenvalue weighted by Gasteiger charge is 2.53. The molecule has 1 aliphatic rings. The Morgan fingerprint density at radius 2 is 1.55 bits per heavy atom. The number of nitrogens with zero attached hydrogens (tertiary/aromatic N) is 2. The van der Waals surface area contributed by atoms with E-state index in [1.54, 1.807) is 11.9 Å². The third-order valence-corrected chi connectivity index (χ3v) is 6.96. The van der Waals surface area contributed by atoms with Crippen molar-refractivity contribution in [1.29, 1.82) is 0 Å². The fraction of sp³-hybridized carbons (Fsp3) is 0.920. The van der Waals surface area contributed by atoms with Crippen LogP contribution >= 0.6 is 0 Å². The second-order valence-electron chi connectivity index (χ2n) is 12.9. The van der Waals surface area contributed by atoms with Crippen molar-refractivity contribution in [1.82, 2.24) is 9.80 Å². The van der Waals surface area contributed by atoms with Crippen LogP contribution in [0.1, 0.15) is 88.5 Å². The Kier molecular flexibility index (Phi) is 9.51. The van der Waals surface area contributed by atoms with Crippen LogP contribution < -0.4 is 0 Å². The van der Waals surface area contributed by atoms with Crippen molar-refractivity contribution in [3.63, 3.8) is 0 Å². The quantitative estimate of drug-likeness (QED) is 0.429. The lowest BCUT2D eigenvalue weighted by atomic mass is 9.78. The van der Waals surface area contributed by atoms with E-state index in [-0.39, 0.29) is 29.6 Å². The fourth-order valence-electron chi connectivity index (χ4n) is 4.07. The first kappa shape index (κ1) is 29.7. The van der Waals surface area contributed by atoms with E-state index in [0.29, 0.717) is 19.4 Å². The van der Waals surface area contributed by atoms with Gasteiger partial charge >= 0.3 is 12.2 Å². The zero-order valence-electron chi connectivity index (χ0n) is 23.5. The van der Waals surface area contributed by atoms with Crippen LogP contribution in [-0.4, -0.2) is 67.6 Å². The lowest BCUT2D eigenvalue weighted by molar-refractivity contribution is -0.0765. The van der Waals surface area contributed by atoms with Crippen molar-refractivity contribution in [2.75, 3.05) is 13.6 Å². The number of hydrogen-bond donors (Lipinski definition) is 0. The third-order valence-electron chi connectivity index (χ3n) is 6.05. The molecule has 0 bridgehead atoms. The van der Waals surface area contributed by atoms with Crippen molar-refractivity contribution in [2.24, 2.45) is 11.3 Å². The minimum Gasteiger partial charge on any atom is -0.444 e. The molecule has 33 heavy (non-hydrogen) atoms. The number of carbonyl (C=O) groups excluding carboxylic acids is 2. The predicted molar refractivity (Wildman–Crippen MR) is 136 cm³/mol. The van der Waals surface area contributed by atoms with E-state index in [0.717, 1.165) is 6.42 Å². The molecule has 7 nitrogen and oxygen atoms in total. The first-order valence-electron chi connectivity index (χ1n) is 12.3. The van der Waals surface area contributed by atoms with E-state index in [2.05, 4.69) is 33.9 Å². The molecule has 1 unspecified atom stereocenters. The van der Waals surface area contributed by atoms with Gasteiger partial charge in [0.1, 0.15) is 16.9 Å². The molecule has 0 aromatic rings. The Balaban J connectivity index is 3.18. The van der Waals surface area contributed by atoms with Gasteiger partial charge in [0.05, 0.1) is 0 Å². The van der Waals surface area contributed by atoms with Crippen LogP contribution in [0.5, 0.6) is 0 Å². The van der Waals surface area contributed by atoms with Crippen molar-refractivity contribution < 1.29 is 23.5 Å². The molecule has 2 amide bonds. The van der Waals surface area contributed by atoms with Gasteiger partial charge in [-0.2, -0.15) is 0 Å². The standard InChI is InChI=1S/C25H50N2O5Si/c1-18(26(11)20(28)30-23(5,6)7)14-15-25(32-33(12)13)16-19(22(2,3)4)17-27(25)21(29)31-24(8,9)10/h18-19,33H,14-17H2,1-13H3/t18?,19-,25+/m0/s1. The van der Waals surface area contributed by atoms with E-state index >= 15 is 0 Å². The highest BCUT2D eigenvalue weighted by atomic mass is 28.3. The topological polar surface area (TPSA) is 68.3 Å². The summed E-state index contributed by atoms with van der Waals surface area (Å²) in [4.78, 5) is 29.4. The molecule has 0 aromatic carbocycles. The van der Waals surface area contributed by atoms with Crippen LogP contribution in [0.2, 0.25) is 13.1 Å². The molecule has 1 heterocycles. The van der Waals surface area contributed by atoms with Gasteiger partial charge in [-0.25, -0.2) is 9.59 Å². The predicted octanol–water partition coefficient (Wildman–Crippen LogP) is 6.02. The largest absolute Gasteiger partial charge is 0.444 e. The average molecular weight is 487 g/mol. The van der Waals surface area contributed by atoms with Crippen LogP contribution in [0.4, 0.5) is 9.59 Å². The molecule has 0 radical (unpaired) electrons. The van der Waals surface area contributed by atoms with Gasteiger partial charge in [-0.15, -0.1) is 0 Å². The Bertz CT molecular complexity index is 678. The summed E-state index contributed by atoms with van der Waals surface area (Å²) in [7, 11) is 0.270. The minimum absolute atomic E-state index is 0.0306. The molecule has 8 heteroatoms. The fourth-order valence-corrected chi connectivity index (χ4v) is 5.29. The van der Waals surface area contributed by atoms with Crippen molar-refractivity contribution in [3.05, 3.63) is 0 Å². The summed E-state index contributed by atoms with van der Waals surface area (Å²) >= 11 is 0. The molecule has 1 fully saturated rings. The van der Waals surface area contributed by atoms with Gasteiger partial charge in [-0.05, 0) is 92.2 Å². The number of likely N-dealkylation sites (tertiary alicyclic amines) is 1. The maximum atomic E-state index is 13.3. The van der Waals surface area contributed by atoms with Gasteiger partial charge in [0.15, 0.2) is 9.04 Å². The summed E-state index contributed by atoms with van der Waals surface area (Å²) in [6, 6.07) is -0.0664. The monoisotopic (exact) mass is 486 g/mol. The van der Waals surface area contributed by atoms with Crippen LogP contribution in [0, 0.1) is 11.3 Å². The van der Waals surface area contributed by atoms with Crippen LogP contribution in [0.25, 0.3) is 0 Å². The molecule has 3 atom stereocenters. The van der Waals surface area contributed by atoms with Gasteiger partial charge in [-0.3, -0.25) is 4.90 Å². The van der Waals surface area contributed by atoms with Crippen molar-refractivity contribution in [2.45, 2.75) is 125 Å². The number of amides is 2. The van der Waals surface area contributed by atoms with E-state index in [1.165, 1.54) is 0 Å². The molecule has 0 spiro atoms. The van der Waals surface area contributed by atoms with Gasteiger partial charge in [-0.1, -0.05) is 20.8 Å². The normalized spacial score (nSPS) is 23.0. The molecular weight excluding hydrogens is 436 g/mol. The lowest BCUT2D eigenvalue weighted by Gasteiger charge is -2.41. The molecule has 0 saturated carbocycles. The molecule has 0 aromatic heterocycles. The molecule has 1 rings (SSSR count). The van der Waals surface area contributed by atoms with Gasteiger partial charge in [0.2, 0.25) is 0 Å². The Morgan fingerprint density at radius 1 is 1.03 bits per heavy atom. The summed E-state index contributed by atoms with van der Waals surface area (Å²) in [5.41, 5.74) is -1.81.